The quantitative estimate of drug-likeness (QED) is 0.745. The maximum atomic E-state index is 12.4. The summed E-state index contributed by atoms with van der Waals surface area (Å²) in [5.74, 6) is 0.0665. The Morgan fingerprint density at radius 2 is 2.05 bits per heavy atom. The first-order valence-electron chi connectivity index (χ1n) is 7.49. The van der Waals surface area contributed by atoms with Crippen LogP contribution in [0.1, 0.15) is 30.6 Å². The highest BCUT2D eigenvalue weighted by molar-refractivity contribution is 6.36. The highest BCUT2D eigenvalue weighted by atomic mass is 35.5. The second-order valence-corrected chi connectivity index (χ2v) is 6.29. The summed E-state index contributed by atoms with van der Waals surface area (Å²) in [6.07, 6.45) is 1.13. The van der Waals surface area contributed by atoms with E-state index in [2.05, 4.69) is 23.6 Å². The number of carbonyl (C=O) groups excluding carboxylic acids is 1. The van der Waals surface area contributed by atoms with Gasteiger partial charge in [-0.2, -0.15) is 0 Å². The van der Waals surface area contributed by atoms with Crippen molar-refractivity contribution in [3.05, 3.63) is 33.8 Å². The van der Waals surface area contributed by atoms with Gasteiger partial charge in [0.05, 0.1) is 11.6 Å². The fourth-order valence-electron chi connectivity index (χ4n) is 3.00. The maximum absolute atomic E-state index is 12.4. The van der Waals surface area contributed by atoms with E-state index in [9.17, 15) is 4.79 Å². The lowest BCUT2D eigenvalue weighted by Crippen LogP contribution is -2.38. The van der Waals surface area contributed by atoms with E-state index in [-0.39, 0.29) is 5.78 Å². The van der Waals surface area contributed by atoms with Crippen molar-refractivity contribution in [1.29, 1.82) is 0 Å². The molecule has 5 heteroatoms. The van der Waals surface area contributed by atoms with Crippen LogP contribution in [0.4, 0.5) is 0 Å². The van der Waals surface area contributed by atoms with Crippen molar-refractivity contribution in [3.8, 4) is 0 Å². The van der Waals surface area contributed by atoms with E-state index in [4.69, 9.17) is 23.2 Å². The van der Waals surface area contributed by atoms with Gasteiger partial charge >= 0.3 is 0 Å². The zero-order valence-corrected chi connectivity index (χ0v) is 14.1. The van der Waals surface area contributed by atoms with Crippen molar-refractivity contribution >= 4 is 29.0 Å². The van der Waals surface area contributed by atoms with E-state index in [1.54, 1.807) is 18.2 Å². The lowest BCUT2D eigenvalue weighted by molar-refractivity contribution is 0.0939. The summed E-state index contributed by atoms with van der Waals surface area (Å²) in [7, 11) is 0. The Bertz CT molecular complexity index is 503. The smallest absolute Gasteiger partial charge is 0.178 e. The molecule has 116 valence electrons. The van der Waals surface area contributed by atoms with Gasteiger partial charge in [-0.15, -0.1) is 0 Å². The Labute approximate surface area is 136 Å². The monoisotopic (exact) mass is 328 g/mol. The van der Waals surface area contributed by atoms with Crippen molar-refractivity contribution in [3.63, 3.8) is 0 Å². The van der Waals surface area contributed by atoms with Crippen molar-refractivity contribution in [2.45, 2.75) is 26.3 Å². The Hall–Kier alpha value is -0.610. The number of nitrogens with zero attached hydrogens (tertiary/aromatic N) is 2. The average Bonchev–Trinajstić information content (AvgIpc) is 2.88. The van der Waals surface area contributed by atoms with E-state index in [0.717, 1.165) is 32.6 Å². The summed E-state index contributed by atoms with van der Waals surface area (Å²) in [4.78, 5) is 17.0. The molecule has 1 aromatic rings. The summed E-state index contributed by atoms with van der Waals surface area (Å²) < 4.78 is 0. The highest BCUT2D eigenvalue weighted by Gasteiger charge is 2.27. The standard InChI is InChI=1S/C16H22Cl2N2O/c1-3-20(4-2)13-7-8-19(10-13)11-16(21)14-6-5-12(17)9-15(14)18/h5-6,9,13H,3-4,7-8,10-11H2,1-2H3. The zero-order valence-electron chi connectivity index (χ0n) is 12.6. The van der Waals surface area contributed by atoms with Crippen LogP contribution in [0.5, 0.6) is 0 Å². The van der Waals surface area contributed by atoms with Crippen LogP contribution in [0.2, 0.25) is 10.0 Å². The topological polar surface area (TPSA) is 23.6 Å². The lowest BCUT2D eigenvalue weighted by Gasteiger charge is -2.26. The number of benzene rings is 1. The molecule has 0 aliphatic carbocycles. The molecule has 1 aromatic carbocycles. The number of carbonyl (C=O) groups is 1. The summed E-state index contributed by atoms with van der Waals surface area (Å²) >= 11 is 12.0. The molecule has 0 radical (unpaired) electrons. The number of hydrogen-bond acceptors (Lipinski definition) is 3. The van der Waals surface area contributed by atoms with Gasteiger partial charge in [0.2, 0.25) is 0 Å². The zero-order chi connectivity index (χ0) is 15.4. The van der Waals surface area contributed by atoms with Gasteiger partial charge in [-0.25, -0.2) is 0 Å². The van der Waals surface area contributed by atoms with Crippen molar-refractivity contribution in [2.24, 2.45) is 0 Å². The number of likely N-dealkylation sites (tertiary alicyclic amines) is 1. The molecule has 0 amide bonds. The van der Waals surface area contributed by atoms with Crippen LogP contribution in [0.15, 0.2) is 18.2 Å². The first-order valence-corrected chi connectivity index (χ1v) is 8.25. The predicted molar refractivity (Wildman–Crippen MR) is 88.6 cm³/mol. The van der Waals surface area contributed by atoms with E-state index >= 15 is 0 Å². The molecule has 0 aromatic heterocycles. The molecule has 1 aliphatic heterocycles. The largest absolute Gasteiger partial charge is 0.300 e. The molecule has 1 heterocycles. The first-order chi connectivity index (χ1) is 10.0. The van der Waals surface area contributed by atoms with Gasteiger partial charge in [-0.1, -0.05) is 37.0 Å². The minimum absolute atomic E-state index is 0.0665. The molecule has 1 atom stereocenters. The second-order valence-electron chi connectivity index (χ2n) is 5.45. The SMILES string of the molecule is CCN(CC)C1CCN(CC(=O)c2ccc(Cl)cc2Cl)C1. The molecular formula is C16H22Cl2N2O. The number of hydrogen-bond donors (Lipinski definition) is 0. The highest BCUT2D eigenvalue weighted by Crippen LogP contribution is 2.22. The van der Waals surface area contributed by atoms with Crippen molar-refractivity contribution in [1.82, 2.24) is 9.80 Å². The minimum Gasteiger partial charge on any atom is -0.300 e. The maximum Gasteiger partial charge on any atom is 0.178 e. The van der Waals surface area contributed by atoms with Gasteiger partial charge in [0.1, 0.15) is 0 Å². The summed E-state index contributed by atoms with van der Waals surface area (Å²) in [5.41, 5.74) is 0.562. The van der Waals surface area contributed by atoms with Crippen LogP contribution < -0.4 is 0 Å². The molecule has 1 unspecified atom stereocenters. The van der Waals surface area contributed by atoms with Gasteiger partial charge in [0.25, 0.3) is 0 Å². The third kappa shape index (κ3) is 4.19. The number of Topliss-reactive ketones (excluding diaryl/α,β-unsaturated/α-hetero) is 1. The average molecular weight is 329 g/mol. The molecule has 1 fully saturated rings. The Balaban J connectivity index is 1.95. The summed E-state index contributed by atoms with van der Waals surface area (Å²) in [6.45, 7) is 8.85. The van der Waals surface area contributed by atoms with Gasteiger partial charge in [0.15, 0.2) is 5.78 Å². The molecule has 0 spiro atoms. The van der Waals surface area contributed by atoms with Crippen LogP contribution >= 0.6 is 23.2 Å². The normalized spacial score (nSPS) is 19.4. The molecule has 21 heavy (non-hydrogen) atoms. The fraction of sp³-hybridized carbons (Fsp3) is 0.562. The van der Waals surface area contributed by atoms with Gasteiger partial charge in [-0.3, -0.25) is 14.6 Å². The van der Waals surface area contributed by atoms with E-state index in [1.807, 2.05) is 0 Å². The molecule has 1 aliphatic rings. The Kier molecular flexibility index (Phi) is 6.06. The molecule has 0 N–H and O–H groups in total. The van der Waals surface area contributed by atoms with Crippen molar-refractivity contribution in [2.75, 3.05) is 32.7 Å². The fourth-order valence-corrected chi connectivity index (χ4v) is 3.51. The number of halogens is 2. The Morgan fingerprint density at radius 1 is 1.33 bits per heavy atom. The lowest BCUT2D eigenvalue weighted by atomic mass is 10.1. The molecule has 0 bridgehead atoms. The summed E-state index contributed by atoms with van der Waals surface area (Å²) in [6, 6.07) is 5.61. The van der Waals surface area contributed by atoms with E-state index in [1.165, 1.54) is 0 Å². The number of ketones is 1. The van der Waals surface area contributed by atoms with Crippen LogP contribution in [-0.2, 0) is 0 Å². The first kappa shape index (κ1) is 16.8. The molecule has 1 saturated heterocycles. The van der Waals surface area contributed by atoms with Crippen LogP contribution in [0.3, 0.4) is 0 Å². The van der Waals surface area contributed by atoms with Crippen LogP contribution in [-0.4, -0.2) is 54.3 Å². The molecular weight excluding hydrogens is 307 g/mol. The number of likely N-dealkylation sites (N-methyl/N-ethyl adjacent to an activating group) is 1. The van der Waals surface area contributed by atoms with Crippen LogP contribution in [0.25, 0.3) is 0 Å². The Morgan fingerprint density at radius 3 is 2.67 bits per heavy atom. The summed E-state index contributed by atoms with van der Waals surface area (Å²) in [5, 5.41) is 0.992. The van der Waals surface area contributed by atoms with E-state index in [0.29, 0.717) is 28.2 Å². The molecule has 2 rings (SSSR count). The molecule has 3 nitrogen and oxygen atoms in total. The van der Waals surface area contributed by atoms with Crippen molar-refractivity contribution < 1.29 is 4.79 Å². The molecule has 0 saturated carbocycles. The van der Waals surface area contributed by atoms with Gasteiger partial charge < -0.3 is 0 Å². The second kappa shape index (κ2) is 7.59. The van der Waals surface area contributed by atoms with Gasteiger partial charge in [-0.05, 0) is 37.7 Å². The number of rotatable bonds is 6. The predicted octanol–water partition coefficient (Wildman–Crippen LogP) is 3.59. The van der Waals surface area contributed by atoms with Gasteiger partial charge in [0, 0.05) is 29.7 Å². The third-order valence-corrected chi connectivity index (χ3v) is 4.72. The van der Waals surface area contributed by atoms with Crippen LogP contribution in [0, 0.1) is 0 Å². The van der Waals surface area contributed by atoms with E-state index < -0.39 is 0 Å². The third-order valence-electron chi connectivity index (χ3n) is 4.18. The minimum atomic E-state index is 0.0665.